The van der Waals surface area contributed by atoms with Gasteiger partial charge in [0.2, 0.25) is 0 Å². The quantitative estimate of drug-likeness (QED) is 0.380. The Hall–Kier alpha value is -3.51. The molecule has 0 saturated heterocycles. The molecule has 1 atom stereocenters. The molecule has 0 heterocycles. The molecule has 3 aromatic rings. The molecule has 0 aliphatic heterocycles. The van der Waals surface area contributed by atoms with Crippen molar-refractivity contribution in [2.75, 3.05) is 7.11 Å². The molecule has 0 saturated carbocycles. The molecule has 1 unspecified atom stereocenters. The van der Waals surface area contributed by atoms with Gasteiger partial charge in [-0.3, -0.25) is 0 Å². The highest BCUT2D eigenvalue weighted by Crippen LogP contribution is 2.25. The lowest BCUT2D eigenvalue weighted by molar-refractivity contribution is -0.141. The Morgan fingerprint density at radius 2 is 1.21 bits per heavy atom. The van der Waals surface area contributed by atoms with E-state index in [1.165, 1.54) is 0 Å². The maximum atomic E-state index is 12.3. The molecule has 0 spiro atoms. The lowest BCUT2D eigenvalue weighted by Crippen LogP contribution is -2.28. The van der Waals surface area contributed by atoms with Crippen molar-refractivity contribution in [3.63, 3.8) is 0 Å². The van der Waals surface area contributed by atoms with Gasteiger partial charge in [-0.15, -0.1) is 0 Å². The van der Waals surface area contributed by atoms with Crippen molar-refractivity contribution in [3.8, 4) is 34.1 Å². The normalized spacial score (nSPS) is 11.4. The molecular formula is C22H21NO5. The van der Waals surface area contributed by atoms with Crippen molar-refractivity contribution < 1.29 is 23.8 Å². The third-order valence-electron chi connectivity index (χ3n) is 4.10. The number of benzene rings is 3. The number of ether oxygens (including phenoxy) is 3. The highest BCUT2D eigenvalue weighted by molar-refractivity contribution is 5.77. The number of nitrogens with two attached hydrogens (primary N) is 1. The summed E-state index contributed by atoms with van der Waals surface area (Å²) in [5, 5.41) is 0. The first-order valence-corrected chi connectivity index (χ1v) is 8.68. The van der Waals surface area contributed by atoms with Crippen LogP contribution < -0.4 is 24.9 Å². The van der Waals surface area contributed by atoms with Crippen LogP contribution in [0.5, 0.6) is 23.0 Å². The Balaban J connectivity index is 1.59. The van der Waals surface area contributed by atoms with Gasteiger partial charge >= 0.3 is 5.97 Å². The van der Waals surface area contributed by atoms with Gasteiger partial charge in [0.05, 0.1) is 7.11 Å². The molecule has 2 N–H and O–H groups in total. The van der Waals surface area contributed by atoms with Gasteiger partial charge in [0.15, 0.2) is 6.10 Å². The zero-order chi connectivity index (χ0) is 19.9. The average molecular weight is 379 g/mol. The van der Waals surface area contributed by atoms with Crippen LogP contribution in [0.25, 0.3) is 11.1 Å². The minimum absolute atomic E-state index is 0.445. The van der Waals surface area contributed by atoms with Gasteiger partial charge in [0, 0.05) is 0 Å². The van der Waals surface area contributed by atoms with E-state index in [2.05, 4.69) is 4.84 Å². The molecule has 0 aliphatic carbocycles. The molecule has 0 fully saturated rings. The van der Waals surface area contributed by atoms with Crippen LogP contribution in [-0.2, 0) is 4.79 Å². The predicted octanol–water partition coefficient (Wildman–Crippen LogP) is 3.99. The van der Waals surface area contributed by atoms with Crippen LogP contribution in [0.2, 0.25) is 0 Å². The van der Waals surface area contributed by atoms with E-state index in [0.29, 0.717) is 23.0 Å². The number of methoxy groups -OCH3 is 1. The highest BCUT2D eigenvalue weighted by atomic mass is 16.6. The van der Waals surface area contributed by atoms with Gasteiger partial charge in [-0.25, -0.2) is 4.79 Å². The zero-order valence-corrected chi connectivity index (χ0v) is 15.6. The largest absolute Gasteiger partial charge is 0.497 e. The maximum Gasteiger partial charge on any atom is 0.352 e. The summed E-state index contributed by atoms with van der Waals surface area (Å²) in [5.41, 5.74) is 1.97. The van der Waals surface area contributed by atoms with Gasteiger partial charge in [-0.1, -0.05) is 24.3 Å². The van der Waals surface area contributed by atoms with Crippen molar-refractivity contribution in [1.82, 2.24) is 0 Å². The fourth-order valence-corrected chi connectivity index (χ4v) is 2.55. The van der Waals surface area contributed by atoms with E-state index in [9.17, 15) is 4.79 Å². The topological polar surface area (TPSA) is 80.0 Å². The SMILES string of the molecule is COc1ccc(OC(C)C(=O)Oc2ccc(-c3ccc(ON)cc3)cc2)cc1. The lowest BCUT2D eigenvalue weighted by Gasteiger charge is -2.14. The molecule has 6 nitrogen and oxygen atoms in total. The molecule has 0 radical (unpaired) electrons. The molecular weight excluding hydrogens is 358 g/mol. The first-order chi connectivity index (χ1) is 13.6. The summed E-state index contributed by atoms with van der Waals surface area (Å²) in [6.45, 7) is 1.64. The number of hydrogen-bond donors (Lipinski definition) is 1. The highest BCUT2D eigenvalue weighted by Gasteiger charge is 2.17. The van der Waals surface area contributed by atoms with Crippen molar-refractivity contribution in [2.45, 2.75) is 13.0 Å². The van der Waals surface area contributed by atoms with Gasteiger partial charge < -0.3 is 19.0 Å². The predicted molar refractivity (Wildman–Crippen MR) is 105 cm³/mol. The van der Waals surface area contributed by atoms with E-state index < -0.39 is 12.1 Å². The summed E-state index contributed by atoms with van der Waals surface area (Å²) in [6.07, 6.45) is -0.753. The minimum atomic E-state index is -0.753. The van der Waals surface area contributed by atoms with E-state index in [0.717, 1.165) is 11.1 Å². The smallest absolute Gasteiger partial charge is 0.352 e. The molecule has 0 amide bonds. The van der Waals surface area contributed by atoms with Crippen LogP contribution in [0.15, 0.2) is 72.8 Å². The second kappa shape index (κ2) is 8.92. The molecule has 3 aromatic carbocycles. The second-order valence-electron chi connectivity index (χ2n) is 6.02. The first-order valence-electron chi connectivity index (χ1n) is 8.68. The van der Waals surface area contributed by atoms with Crippen LogP contribution in [0.4, 0.5) is 0 Å². The van der Waals surface area contributed by atoms with E-state index in [4.69, 9.17) is 20.1 Å². The number of rotatable bonds is 7. The molecule has 3 rings (SSSR count). The molecule has 0 bridgehead atoms. The van der Waals surface area contributed by atoms with Crippen LogP contribution in [0.3, 0.4) is 0 Å². The Labute approximate surface area is 163 Å². The van der Waals surface area contributed by atoms with E-state index in [-0.39, 0.29) is 0 Å². The molecule has 0 aromatic heterocycles. The van der Waals surface area contributed by atoms with E-state index in [1.54, 1.807) is 62.6 Å². The molecule has 28 heavy (non-hydrogen) atoms. The summed E-state index contributed by atoms with van der Waals surface area (Å²) in [4.78, 5) is 16.9. The Morgan fingerprint density at radius 1 is 0.750 bits per heavy atom. The Morgan fingerprint density at radius 3 is 1.71 bits per heavy atom. The van der Waals surface area contributed by atoms with Gasteiger partial charge in [-0.05, 0) is 66.6 Å². The zero-order valence-electron chi connectivity index (χ0n) is 15.6. The summed E-state index contributed by atoms with van der Waals surface area (Å²) >= 11 is 0. The van der Waals surface area contributed by atoms with Crippen molar-refractivity contribution in [3.05, 3.63) is 72.8 Å². The average Bonchev–Trinajstić information content (AvgIpc) is 2.75. The van der Waals surface area contributed by atoms with E-state index in [1.807, 2.05) is 24.3 Å². The fraction of sp³-hybridized carbons (Fsp3) is 0.136. The molecule has 144 valence electrons. The van der Waals surface area contributed by atoms with Crippen LogP contribution in [-0.4, -0.2) is 19.2 Å². The third kappa shape index (κ3) is 4.81. The van der Waals surface area contributed by atoms with E-state index >= 15 is 0 Å². The standard InChI is InChI=1S/C22H21NO5/c1-15(26-19-13-11-18(25-2)12-14-19)22(24)27-20-7-3-16(4-8-20)17-5-9-21(28-23)10-6-17/h3-15H,23H2,1-2H3. The fourth-order valence-electron chi connectivity index (χ4n) is 2.55. The molecule has 6 heteroatoms. The number of esters is 1. The monoisotopic (exact) mass is 379 g/mol. The molecule has 0 aliphatic rings. The summed E-state index contributed by atoms with van der Waals surface area (Å²) in [5.74, 6) is 6.95. The Kier molecular flexibility index (Phi) is 6.14. The summed E-state index contributed by atoms with van der Waals surface area (Å²) in [7, 11) is 1.59. The third-order valence-corrected chi connectivity index (χ3v) is 4.10. The first kappa shape index (κ1) is 19.3. The lowest BCUT2D eigenvalue weighted by atomic mass is 10.1. The second-order valence-corrected chi connectivity index (χ2v) is 6.02. The summed E-state index contributed by atoms with van der Waals surface area (Å²) in [6, 6.07) is 21.6. The van der Waals surface area contributed by atoms with Crippen LogP contribution >= 0.6 is 0 Å². The van der Waals surface area contributed by atoms with Crippen molar-refractivity contribution in [1.29, 1.82) is 0 Å². The number of carbonyl (C=O) groups excluding carboxylic acids is 1. The number of carbonyl (C=O) groups is 1. The van der Waals surface area contributed by atoms with Gasteiger partial charge in [-0.2, -0.15) is 5.90 Å². The van der Waals surface area contributed by atoms with Crippen LogP contribution in [0, 0.1) is 0 Å². The van der Waals surface area contributed by atoms with Gasteiger partial charge in [0.25, 0.3) is 0 Å². The van der Waals surface area contributed by atoms with Crippen LogP contribution in [0.1, 0.15) is 6.92 Å². The van der Waals surface area contributed by atoms with Crippen molar-refractivity contribution in [2.24, 2.45) is 5.90 Å². The maximum absolute atomic E-state index is 12.3. The Bertz CT molecular complexity index is 905. The summed E-state index contributed by atoms with van der Waals surface area (Å²) < 4.78 is 16.1. The minimum Gasteiger partial charge on any atom is -0.497 e. The van der Waals surface area contributed by atoms with Crippen molar-refractivity contribution >= 4 is 5.97 Å². The van der Waals surface area contributed by atoms with Gasteiger partial charge in [0.1, 0.15) is 23.0 Å². The number of hydrogen-bond acceptors (Lipinski definition) is 6.